The van der Waals surface area contributed by atoms with Crippen molar-refractivity contribution >= 4 is 0 Å². The molecule has 0 amide bonds. The Balaban J connectivity index is 1.85. The Morgan fingerprint density at radius 2 is 2.00 bits per heavy atom. The molecule has 0 bridgehead atoms. The molecule has 0 spiro atoms. The van der Waals surface area contributed by atoms with Gasteiger partial charge in [0.1, 0.15) is 0 Å². The molecule has 2 N–H and O–H groups in total. The van der Waals surface area contributed by atoms with Crippen molar-refractivity contribution in [2.45, 2.75) is 45.8 Å². The highest BCUT2D eigenvalue weighted by Crippen LogP contribution is 2.43. The highest BCUT2D eigenvalue weighted by atomic mass is 16.5. The van der Waals surface area contributed by atoms with Gasteiger partial charge in [-0.15, -0.1) is 0 Å². The van der Waals surface area contributed by atoms with E-state index in [0.717, 1.165) is 6.54 Å². The second-order valence-corrected chi connectivity index (χ2v) is 5.59. The summed E-state index contributed by atoms with van der Waals surface area (Å²) in [6, 6.07) is 0. The lowest BCUT2D eigenvalue weighted by molar-refractivity contribution is -0.0101. The highest BCUT2D eigenvalue weighted by molar-refractivity contribution is 4.90. The first-order chi connectivity index (χ1) is 8.02. The highest BCUT2D eigenvalue weighted by Gasteiger charge is 2.36. The Morgan fingerprint density at radius 3 is 2.59 bits per heavy atom. The third-order valence-corrected chi connectivity index (χ3v) is 3.02. The minimum atomic E-state index is -0.420. The van der Waals surface area contributed by atoms with Crippen molar-refractivity contribution in [3.05, 3.63) is 0 Å². The van der Waals surface area contributed by atoms with E-state index in [9.17, 15) is 5.11 Å². The third kappa shape index (κ3) is 7.71. The van der Waals surface area contributed by atoms with Crippen LogP contribution >= 0.6 is 0 Å². The van der Waals surface area contributed by atoms with Crippen molar-refractivity contribution in [2.24, 2.45) is 5.41 Å². The van der Waals surface area contributed by atoms with Crippen LogP contribution in [0.4, 0.5) is 0 Å². The van der Waals surface area contributed by atoms with Crippen molar-refractivity contribution in [3.63, 3.8) is 0 Å². The number of nitrogens with one attached hydrogen (secondary N) is 1. The summed E-state index contributed by atoms with van der Waals surface area (Å²) in [5.41, 5.74) is 0.492. The minimum Gasteiger partial charge on any atom is -0.389 e. The first kappa shape index (κ1) is 14.9. The van der Waals surface area contributed by atoms with Crippen LogP contribution in [0.3, 0.4) is 0 Å². The fraction of sp³-hybridized carbons (Fsp3) is 1.00. The summed E-state index contributed by atoms with van der Waals surface area (Å²) in [6.07, 6.45) is 2.43. The van der Waals surface area contributed by atoms with Crippen LogP contribution in [-0.2, 0) is 9.47 Å². The zero-order valence-electron chi connectivity index (χ0n) is 11.4. The normalized spacial score (nSPS) is 19.6. The maximum atomic E-state index is 9.65. The van der Waals surface area contributed by atoms with E-state index in [-0.39, 0.29) is 6.10 Å². The molecule has 0 aliphatic heterocycles. The summed E-state index contributed by atoms with van der Waals surface area (Å²) in [5.74, 6) is 0. The number of aliphatic hydroxyl groups excluding tert-OH is 1. The summed E-state index contributed by atoms with van der Waals surface area (Å²) in [4.78, 5) is 0. The molecule has 0 radical (unpaired) electrons. The number of hydrogen-bond donors (Lipinski definition) is 2. The summed E-state index contributed by atoms with van der Waals surface area (Å²) in [6.45, 7) is 9.40. The van der Waals surface area contributed by atoms with Gasteiger partial charge in [0.25, 0.3) is 0 Å². The SMILES string of the molecule is CC(C)OCCOCC(O)CNCC1(C)CC1. The van der Waals surface area contributed by atoms with Gasteiger partial charge >= 0.3 is 0 Å². The van der Waals surface area contributed by atoms with Crippen molar-refractivity contribution in [1.82, 2.24) is 5.32 Å². The molecule has 1 saturated carbocycles. The molecule has 1 atom stereocenters. The van der Waals surface area contributed by atoms with E-state index in [1.807, 2.05) is 13.8 Å². The van der Waals surface area contributed by atoms with Crippen LogP contribution in [0.15, 0.2) is 0 Å². The number of hydrogen-bond acceptors (Lipinski definition) is 4. The summed E-state index contributed by atoms with van der Waals surface area (Å²) in [5, 5.41) is 12.9. The molecule has 102 valence electrons. The van der Waals surface area contributed by atoms with E-state index in [2.05, 4.69) is 12.2 Å². The molecular formula is C13H27NO3. The molecule has 1 fully saturated rings. The summed E-state index contributed by atoms with van der Waals surface area (Å²) < 4.78 is 10.7. The molecule has 0 aromatic heterocycles. The number of ether oxygens (including phenoxy) is 2. The van der Waals surface area contributed by atoms with Crippen molar-refractivity contribution in [2.75, 3.05) is 32.9 Å². The monoisotopic (exact) mass is 245 g/mol. The van der Waals surface area contributed by atoms with Gasteiger partial charge in [-0.25, -0.2) is 0 Å². The summed E-state index contributed by atoms with van der Waals surface area (Å²) in [7, 11) is 0. The van der Waals surface area contributed by atoms with Crippen molar-refractivity contribution in [3.8, 4) is 0 Å². The quantitative estimate of drug-likeness (QED) is 0.567. The predicted molar refractivity (Wildman–Crippen MR) is 68.1 cm³/mol. The molecule has 1 rings (SSSR count). The maximum Gasteiger partial charge on any atom is 0.0897 e. The largest absolute Gasteiger partial charge is 0.389 e. The lowest BCUT2D eigenvalue weighted by Crippen LogP contribution is -2.33. The van der Waals surface area contributed by atoms with Crippen molar-refractivity contribution < 1.29 is 14.6 Å². The van der Waals surface area contributed by atoms with Gasteiger partial charge in [0.2, 0.25) is 0 Å². The number of rotatable bonds is 10. The maximum absolute atomic E-state index is 9.65. The molecule has 4 nitrogen and oxygen atoms in total. The van der Waals surface area contributed by atoms with E-state index in [1.165, 1.54) is 12.8 Å². The van der Waals surface area contributed by atoms with Crippen molar-refractivity contribution in [1.29, 1.82) is 0 Å². The fourth-order valence-corrected chi connectivity index (χ4v) is 1.55. The van der Waals surface area contributed by atoms with E-state index in [1.54, 1.807) is 0 Å². The van der Waals surface area contributed by atoms with Gasteiger partial charge in [-0.2, -0.15) is 0 Å². The van der Waals surface area contributed by atoms with E-state index in [0.29, 0.717) is 31.8 Å². The van der Waals surface area contributed by atoms with Gasteiger partial charge in [0, 0.05) is 13.1 Å². The summed E-state index contributed by atoms with van der Waals surface area (Å²) >= 11 is 0. The van der Waals surface area contributed by atoms with Gasteiger partial charge in [-0.05, 0) is 32.1 Å². The first-order valence-corrected chi connectivity index (χ1v) is 6.60. The average Bonchev–Trinajstić information content (AvgIpc) is 2.95. The molecule has 0 saturated heterocycles. The van der Waals surface area contributed by atoms with Crippen LogP contribution in [0.5, 0.6) is 0 Å². The van der Waals surface area contributed by atoms with Gasteiger partial charge in [-0.3, -0.25) is 0 Å². The van der Waals surface area contributed by atoms with E-state index in [4.69, 9.17) is 9.47 Å². The van der Waals surface area contributed by atoms with Crippen LogP contribution < -0.4 is 5.32 Å². The van der Waals surface area contributed by atoms with Gasteiger partial charge in [-0.1, -0.05) is 6.92 Å². The fourth-order valence-electron chi connectivity index (χ4n) is 1.55. The Bertz CT molecular complexity index is 205. The molecule has 1 unspecified atom stereocenters. The van der Waals surface area contributed by atoms with Gasteiger partial charge < -0.3 is 19.9 Å². The Hall–Kier alpha value is -0.160. The zero-order valence-corrected chi connectivity index (χ0v) is 11.4. The standard InChI is InChI=1S/C13H27NO3/c1-11(2)17-7-6-16-9-12(15)8-14-10-13(3)4-5-13/h11-12,14-15H,4-10H2,1-3H3. The molecule has 1 aliphatic rings. The molecule has 4 heteroatoms. The molecule has 0 aromatic carbocycles. The van der Waals surface area contributed by atoms with E-state index >= 15 is 0 Å². The van der Waals surface area contributed by atoms with Crippen LogP contribution in [0.1, 0.15) is 33.6 Å². The Labute approximate surface area is 105 Å². The zero-order chi connectivity index (χ0) is 12.7. The topological polar surface area (TPSA) is 50.7 Å². The van der Waals surface area contributed by atoms with Crippen LogP contribution in [0, 0.1) is 5.41 Å². The molecule has 0 aromatic rings. The molecule has 17 heavy (non-hydrogen) atoms. The molecule has 0 heterocycles. The van der Waals surface area contributed by atoms with E-state index < -0.39 is 6.10 Å². The first-order valence-electron chi connectivity index (χ1n) is 6.60. The lowest BCUT2D eigenvalue weighted by atomic mass is 10.1. The second-order valence-electron chi connectivity index (χ2n) is 5.59. The average molecular weight is 245 g/mol. The predicted octanol–water partition coefficient (Wildman–Crippen LogP) is 1.18. The minimum absolute atomic E-state index is 0.240. The van der Waals surface area contributed by atoms with Crippen LogP contribution in [-0.4, -0.2) is 50.2 Å². The molecular weight excluding hydrogens is 218 g/mol. The molecule has 1 aliphatic carbocycles. The Kier molecular flexibility index (Phi) is 6.41. The lowest BCUT2D eigenvalue weighted by Gasteiger charge is -2.15. The third-order valence-electron chi connectivity index (χ3n) is 3.02. The van der Waals surface area contributed by atoms with Gasteiger partial charge in [0.05, 0.1) is 32.0 Å². The second kappa shape index (κ2) is 7.31. The van der Waals surface area contributed by atoms with Crippen LogP contribution in [0.2, 0.25) is 0 Å². The van der Waals surface area contributed by atoms with Gasteiger partial charge in [0.15, 0.2) is 0 Å². The van der Waals surface area contributed by atoms with Crippen LogP contribution in [0.25, 0.3) is 0 Å². The Morgan fingerprint density at radius 1 is 1.29 bits per heavy atom. The number of aliphatic hydroxyl groups is 1. The smallest absolute Gasteiger partial charge is 0.0897 e.